The van der Waals surface area contributed by atoms with Crippen molar-refractivity contribution in [1.29, 1.82) is 0 Å². The van der Waals surface area contributed by atoms with Crippen LogP contribution in [0, 0.1) is 0 Å². The molecule has 18 heavy (non-hydrogen) atoms. The van der Waals surface area contributed by atoms with Crippen molar-refractivity contribution < 1.29 is 0 Å². The van der Waals surface area contributed by atoms with Crippen molar-refractivity contribution in [1.82, 2.24) is 10.4 Å². The number of benzene rings is 1. The lowest BCUT2D eigenvalue weighted by atomic mass is 10.00. The van der Waals surface area contributed by atoms with Crippen LogP contribution in [0.15, 0.2) is 48.7 Å². The third-order valence-corrected chi connectivity index (χ3v) is 2.89. The lowest BCUT2D eigenvalue weighted by molar-refractivity contribution is 0.522. The van der Waals surface area contributed by atoms with Crippen LogP contribution in [0.2, 0.25) is 0 Å². The van der Waals surface area contributed by atoms with Gasteiger partial charge in [0, 0.05) is 12.2 Å². The zero-order valence-corrected chi connectivity index (χ0v) is 10.2. The van der Waals surface area contributed by atoms with Gasteiger partial charge in [0.2, 0.25) is 0 Å². The van der Waals surface area contributed by atoms with Gasteiger partial charge in [-0.2, -0.15) is 0 Å². The summed E-state index contributed by atoms with van der Waals surface area (Å²) in [7, 11) is 0. The number of hydrogen-bond donors (Lipinski definition) is 3. The summed E-state index contributed by atoms with van der Waals surface area (Å²) in [5.41, 5.74) is 10.9. The van der Waals surface area contributed by atoms with Gasteiger partial charge in [-0.25, -0.2) is 4.98 Å². The molecule has 1 atom stereocenters. The van der Waals surface area contributed by atoms with E-state index >= 15 is 0 Å². The lowest BCUT2D eigenvalue weighted by Gasteiger charge is -2.16. The zero-order chi connectivity index (χ0) is 12.8. The number of anilines is 1. The summed E-state index contributed by atoms with van der Waals surface area (Å²) in [5, 5.41) is 0. The van der Waals surface area contributed by atoms with E-state index < -0.39 is 0 Å². The van der Waals surface area contributed by atoms with E-state index in [0.29, 0.717) is 5.82 Å². The normalized spacial score (nSPS) is 12.3. The Morgan fingerprint density at radius 3 is 2.44 bits per heavy atom. The fourth-order valence-corrected chi connectivity index (χ4v) is 1.99. The minimum absolute atomic E-state index is 0.189. The Kier molecular flexibility index (Phi) is 4.28. The average molecular weight is 242 g/mol. The van der Waals surface area contributed by atoms with E-state index in [0.717, 1.165) is 18.4 Å². The van der Waals surface area contributed by atoms with Crippen LogP contribution in [0.3, 0.4) is 0 Å². The Balaban J connectivity index is 2.01. The van der Waals surface area contributed by atoms with Crippen molar-refractivity contribution in [2.75, 3.05) is 5.73 Å². The van der Waals surface area contributed by atoms with E-state index in [4.69, 9.17) is 11.6 Å². The molecular formula is C14H18N4. The first-order valence-corrected chi connectivity index (χ1v) is 5.98. The van der Waals surface area contributed by atoms with E-state index in [1.54, 1.807) is 6.20 Å². The van der Waals surface area contributed by atoms with E-state index in [-0.39, 0.29) is 6.04 Å². The van der Waals surface area contributed by atoms with Gasteiger partial charge in [0.1, 0.15) is 5.82 Å². The van der Waals surface area contributed by atoms with Crippen molar-refractivity contribution in [3.8, 4) is 0 Å². The largest absolute Gasteiger partial charge is 0.384 e. The van der Waals surface area contributed by atoms with Crippen molar-refractivity contribution in [3.63, 3.8) is 0 Å². The minimum atomic E-state index is 0.189. The fraction of sp³-hybridized carbons (Fsp3) is 0.214. The number of nitrogens with one attached hydrogen (secondary N) is 1. The SMILES string of the molecule is NNC(Cc1ccccc1)Cc1ccnc(N)c1. The second-order valence-corrected chi connectivity index (χ2v) is 4.35. The first kappa shape index (κ1) is 12.5. The van der Waals surface area contributed by atoms with E-state index in [9.17, 15) is 0 Å². The Labute approximate surface area is 107 Å². The number of nitrogens with zero attached hydrogens (tertiary/aromatic N) is 1. The molecule has 0 bridgehead atoms. The van der Waals surface area contributed by atoms with Crippen molar-refractivity contribution in [3.05, 3.63) is 59.8 Å². The fourth-order valence-electron chi connectivity index (χ4n) is 1.99. The molecule has 0 amide bonds. The summed E-state index contributed by atoms with van der Waals surface area (Å²) >= 11 is 0. The number of hydrogen-bond acceptors (Lipinski definition) is 4. The molecule has 0 aliphatic carbocycles. The van der Waals surface area contributed by atoms with Gasteiger partial charge in [-0.15, -0.1) is 0 Å². The molecular weight excluding hydrogens is 224 g/mol. The third kappa shape index (κ3) is 3.55. The number of rotatable bonds is 5. The van der Waals surface area contributed by atoms with Crippen molar-refractivity contribution in [2.24, 2.45) is 5.84 Å². The predicted molar refractivity (Wildman–Crippen MR) is 73.6 cm³/mol. The van der Waals surface area contributed by atoms with Gasteiger partial charge in [-0.1, -0.05) is 30.3 Å². The smallest absolute Gasteiger partial charge is 0.123 e. The van der Waals surface area contributed by atoms with Crippen LogP contribution in [0.25, 0.3) is 0 Å². The predicted octanol–water partition coefficient (Wildman–Crippen LogP) is 1.28. The maximum absolute atomic E-state index is 5.67. The highest BCUT2D eigenvalue weighted by Gasteiger charge is 2.09. The monoisotopic (exact) mass is 242 g/mol. The van der Waals surface area contributed by atoms with Crippen LogP contribution in [-0.2, 0) is 12.8 Å². The quantitative estimate of drug-likeness (QED) is 0.545. The first-order chi connectivity index (χ1) is 8.78. The molecule has 5 N–H and O–H groups in total. The summed E-state index contributed by atoms with van der Waals surface area (Å²) in [6.45, 7) is 0. The lowest BCUT2D eigenvalue weighted by Crippen LogP contribution is -2.38. The van der Waals surface area contributed by atoms with Crippen LogP contribution in [0.5, 0.6) is 0 Å². The maximum Gasteiger partial charge on any atom is 0.123 e. The van der Waals surface area contributed by atoms with Crippen LogP contribution in [-0.4, -0.2) is 11.0 Å². The van der Waals surface area contributed by atoms with E-state index in [1.165, 1.54) is 5.56 Å². The molecule has 4 nitrogen and oxygen atoms in total. The second kappa shape index (κ2) is 6.14. The molecule has 1 heterocycles. The van der Waals surface area contributed by atoms with Crippen LogP contribution in [0.1, 0.15) is 11.1 Å². The Morgan fingerprint density at radius 1 is 1.06 bits per heavy atom. The van der Waals surface area contributed by atoms with Crippen LogP contribution < -0.4 is 17.0 Å². The highest BCUT2D eigenvalue weighted by Crippen LogP contribution is 2.10. The van der Waals surface area contributed by atoms with Gasteiger partial charge in [-0.3, -0.25) is 11.3 Å². The molecule has 0 fully saturated rings. The van der Waals surface area contributed by atoms with E-state index in [2.05, 4.69) is 22.5 Å². The molecule has 1 aromatic heterocycles. The van der Waals surface area contributed by atoms with Gasteiger partial charge in [0.25, 0.3) is 0 Å². The molecule has 0 aliphatic rings. The van der Waals surface area contributed by atoms with Gasteiger partial charge >= 0.3 is 0 Å². The van der Waals surface area contributed by atoms with E-state index in [1.807, 2.05) is 30.3 Å². The molecule has 2 aromatic rings. The Morgan fingerprint density at radius 2 is 1.78 bits per heavy atom. The molecule has 0 aliphatic heterocycles. The van der Waals surface area contributed by atoms with Crippen LogP contribution >= 0.6 is 0 Å². The number of nitrogen functional groups attached to an aromatic ring is 1. The molecule has 4 heteroatoms. The zero-order valence-electron chi connectivity index (χ0n) is 10.2. The first-order valence-electron chi connectivity index (χ1n) is 5.98. The highest BCUT2D eigenvalue weighted by atomic mass is 15.2. The maximum atomic E-state index is 5.67. The number of nitrogens with two attached hydrogens (primary N) is 2. The Bertz CT molecular complexity index is 484. The van der Waals surface area contributed by atoms with Gasteiger partial charge in [0.05, 0.1) is 0 Å². The molecule has 1 aromatic carbocycles. The average Bonchev–Trinajstić information content (AvgIpc) is 2.39. The summed E-state index contributed by atoms with van der Waals surface area (Å²) in [5.74, 6) is 6.15. The molecule has 0 spiro atoms. The molecule has 94 valence electrons. The molecule has 2 rings (SSSR count). The van der Waals surface area contributed by atoms with Gasteiger partial charge in [-0.05, 0) is 36.1 Å². The second-order valence-electron chi connectivity index (χ2n) is 4.35. The van der Waals surface area contributed by atoms with Crippen molar-refractivity contribution >= 4 is 5.82 Å². The third-order valence-electron chi connectivity index (χ3n) is 2.89. The molecule has 1 unspecified atom stereocenters. The number of pyridine rings is 1. The number of aromatic nitrogens is 1. The minimum Gasteiger partial charge on any atom is -0.384 e. The van der Waals surface area contributed by atoms with Crippen molar-refractivity contribution in [2.45, 2.75) is 18.9 Å². The molecule has 0 radical (unpaired) electrons. The summed E-state index contributed by atoms with van der Waals surface area (Å²) in [6.07, 6.45) is 3.44. The summed E-state index contributed by atoms with van der Waals surface area (Å²) in [4.78, 5) is 3.98. The molecule has 0 saturated carbocycles. The Hall–Kier alpha value is -1.91. The number of hydrazine groups is 1. The van der Waals surface area contributed by atoms with Gasteiger partial charge in [0.15, 0.2) is 0 Å². The standard InChI is InChI=1S/C14H18N4/c15-14-10-12(6-7-17-14)9-13(18-16)8-11-4-2-1-3-5-11/h1-7,10,13,18H,8-9,16H2,(H2,15,17). The summed E-state index contributed by atoms with van der Waals surface area (Å²) < 4.78 is 0. The topological polar surface area (TPSA) is 77.0 Å². The molecule has 0 saturated heterocycles. The van der Waals surface area contributed by atoms with Crippen LogP contribution in [0.4, 0.5) is 5.82 Å². The summed E-state index contributed by atoms with van der Waals surface area (Å²) in [6, 6.07) is 14.3. The van der Waals surface area contributed by atoms with Gasteiger partial charge < -0.3 is 5.73 Å². The highest BCUT2D eigenvalue weighted by molar-refractivity contribution is 5.32.